The lowest BCUT2D eigenvalue weighted by Crippen LogP contribution is -2.70. The zero-order valence-electron chi connectivity index (χ0n) is 19.5. The van der Waals surface area contributed by atoms with Gasteiger partial charge in [0.1, 0.15) is 36.0 Å². The number of thiazole rings is 1. The Morgan fingerprint density at radius 3 is 2.76 bits per heavy atom. The molecule has 1 saturated heterocycles. The fourth-order valence-corrected chi connectivity index (χ4v) is 5.22. The summed E-state index contributed by atoms with van der Waals surface area (Å²) in [6.07, 6.45) is 2.26. The summed E-state index contributed by atoms with van der Waals surface area (Å²) in [6, 6.07) is 4.70. The van der Waals surface area contributed by atoms with Gasteiger partial charge in [0.05, 0.1) is 4.92 Å². The van der Waals surface area contributed by atoms with Gasteiger partial charge in [0.25, 0.3) is 17.5 Å². The number of carbonyl (C=O) groups is 3. The molecule has 3 N–H and O–H groups in total. The van der Waals surface area contributed by atoms with E-state index >= 15 is 0 Å². The summed E-state index contributed by atoms with van der Waals surface area (Å²) in [5.74, 6) is -1.42. The number of oxime groups is 1. The number of anilines is 1. The van der Waals surface area contributed by atoms with Crippen molar-refractivity contribution in [2.45, 2.75) is 31.4 Å². The van der Waals surface area contributed by atoms with Gasteiger partial charge in [-0.1, -0.05) is 12.1 Å². The summed E-state index contributed by atoms with van der Waals surface area (Å²) in [5.41, 5.74) is 6.36. The van der Waals surface area contributed by atoms with Crippen molar-refractivity contribution in [1.29, 1.82) is 0 Å². The number of amides is 2. The molecule has 15 heteroatoms. The first-order chi connectivity index (χ1) is 17.8. The molecule has 0 bridgehead atoms. The molecule has 2 atom stereocenters. The lowest BCUT2D eigenvalue weighted by atomic mass is 10.0. The van der Waals surface area contributed by atoms with Crippen molar-refractivity contribution in [2.24, 2.45) is 5.16 Å². The summed E-state index contributed by atoms with van der Waals surface area (Å²) in [7, 11) is 0. The molecule has 37 heavy (non-hydrogen) atoms. The first kappa shape index (κ1) is 26.1. The minimum Gasteiger partial charge on any atom is -0.456 e. The number of nitrogen functional groups attached to an aromatic ring is 1. The van der Waals surface area contributed by atoms with Gasteiger partial charge in [-0.15, -0.1) is 23.1 Å². The van der Waals surface area contributed by atoms with Crippen LogP contribution in [0.4, 0.5) is 10.8 Å². The van der Waals surface area contributed by atoms with Gasteiger partial charge in [0.2, 0.25) is 0 Å². The molecule has 2 amide bonds. The van der Waals surface area contributed by atoms with Gasteiger partial charge in [0, 0.05) is 23.3 Å². The van der Waals surface area contributed by atoms with Crippen LogP contribution in [0.1, 0.15) is 24.6 Å². The largest absolute Gasteiger partial charge is 0.456 e. The van der Waals surface area contributed by atoms with Crippen molar-refractivity contribution in [2.75, 3.05) is 18.1 Å². The highest BCUT2D eigenvalue weighted by Crippen LogP contribution is 2.38. The third-order valence-electron chi connectivity index (χ3n) is 5.29. The molecule has 13 nitrogen and oxygen atoms in total. The second kappa shape index (κ2) is 11.4. The number of hydrogen-bond acceptors (Lipinski definition) is 12. The number of fused-ring (bicyclic) bond motifs is 1. The maximum Gasteiger partial charge on any atom is 0.355 e. The van der Waals surface area contributed by atoms with Crippen LogP contribution in [0, 0.1) is 10.1 Å². The van der Waals surface area contributed by atoms with Gasteiger partial charge < -0.3 is 20.6 Å². The zero-order valence-corrected chi connectivity index (χ0v) is 21.1. The number of nitrogens with one attached hydrogen (secondary N) is 1. The minimum absolute atomic E-state index is 0.0763. The Morgan fingerprint density at radius 2 is 2.11 bits per heavy atom. The first-order valence-electron chi connectivity index (χ1n) is 11.1. The molecule has 3 heterocycles. The average Bonchev–Trinajstić information content (AvgIpc) is 3.33. The highest BCUT2D eigenvalue weighted by Gasteiger charge is 2.53. The van der Waals surface area contributed by atoms with Crippen molar-refractivity contribution in [3.8, 4) is 0 Å². The number of carbonyl (C=O) groups excluding carboxylic acids is 3. The number of rotatable bonds is 10. The zero-order chi connectivity index (χ0) is 26.5. The van der Waals surface area contributed by atoms with Crippen LogP contribution in [-0.4, -0.2) is 62.1 Å². The van der Waals surface area contributed by atoms with Gasteiger partial charge >= 0.3 is 5.97 Å². The number of aromatic nitrogens is 1. The lowest BCUT2D eigenvalue weighted by molar-refractivity contribution is -0.384. The molecule has 0 radical (unpaired) electrons. The van der Waals surface area contributed by atoms with Crippen LogP contribution < -0.4 is 11.1 Å². The Morgan fingerprint density at radius 1 is 1.35 bits per heavy atom. The molecule has 4 rings (SSSR count). The van der Waals surface area contributed by atoms with E-state index < -0.39 is 34.1 Å². The molecule has 1 unspecified atom stereocenters. The SMILES string of the molecule is CCCON=C(C(=O)NC1C(=O)N2C(C(=O)OCc3ccc([N+](=O)[O-])cc3)=CCS[C@H]12)c1csc(N)n1. The molecule has 2 aliphatic rings. The predicted molar refractivity (Wildman–Crippen MR) is 135 cm³/mol. The standard InChI is InChI=1S/C22H22N6O7S2/c1-2-8-35-26-16(14-11-37-22(23)24-14)18(29)25-17-19(30)27-15(7-9-36-20(17)27)21(31)34-10-12-3-5-13(6-4-12)28(32)33/h3-7,11,17,20H,2,8-10H2,1H3,(H2,23,24)(H,25,29)/t17?,20-/m1/s1. The number of nitro groups is 1. The Balaban J connectivity index is 1.39. The summed E-state index contributed by atoms with van der Waals surface area (Å²) < 4.78 is 5.32. The second-order valence-electron chi connectivity index (χ2n) is 7.82. The van der Waals surface area contributed by atoms with Crippen LogP contribution in [0.3, 0.4) is 0 Å². The minimum atomic E-state index is -0.893. The Kier molecular flexibility index (Phi) is 8.03. The Labute approximate surface area is 218 Å². The fourth-order valence-electron chi connectivity index (χ4n) is 3.48. The molecule has 1 fully saturated rings. The van der Waals surface area contributed by atoms with Gasteiger partial charge in [-0.2, -0.15) is 0 Å². The van der Waals surface area contributed by atoms with Gasteiger partial charge in [-0.05, 0) is 30.2 Å². The van der Waals surface area contributed by atoms with E-state index in [2.05, 4.69) is 15.5 Å². The summed E-state index contributed by atoms with van der Waals surface area (Å²) in [6.45, 7) is 2.06. The van der Waals surface area contributed by atoms with Crippen LogP contribution in [-0.2, 0) is 30.6 Å². The third kappa shape index (κ3) is 5.72. The fraction of sp³-hybridized carbons (Fsp3) is 0.318. The van der Waals surface area contributed by atoms with Gasteiger partial charge in [-0.3, -0.25) is 24.6 Å². The monoisotopic (exact) mass is 546 g/mol. The quantitative estimate of drug-likeness (QED) is 0.111. The molecule has 2 aromatic rings. The van der Waals surface area contributed by atoms with E-state index in [1.807, 2.05) is 6.92 Å². The van der Waals surface area contributed by atoms with Crippen LogP contribution >= 0.6 is 23.1 Å². The summed E-state index contributed by atoms with van der Waals surface area (Å²) >= 11 is 2.51. The number of nitro benzene ring substituents is 1. The Hall–Kier alpha value is -3.98. The topological polar surface area (TPSA) is 179 Å². The van der Waals surface area contributed by atoms with E-state index in [-0.39, 0.29) is 34.5 Å². The highest BCUT2D eigenvalue weighted by atomic mass is 32.2. The number of ether oxygens (including phenoxy) is 1. The van der Waals surface area contributed by atoms with Crippen molar-refractivity contribution in [3.05, 3.63) is 62.8 Å². The van der Waals surface area contributed by atoms with Gasteiger partial charge in [0.15, 0.2) is 10.8 Å². The number of esters is 1. The number of β-lactam (4-membered cyclic amide) rings is 1. The molecule has 2 aliphatic heterocycles. The van der Waals surface area contributed by atoms with E-state index in [0.717, 1.165) is 11.3 Å². The number of thioether (sulfide) groups is 1. The average molecular weight is 547 g/mol. The Bertz CT molecular complexity index is 1280. The van der Waals surface area contributed by atoms with Crippen LogP contribution in [0.15, 0.2) is 46.6 Å². The number of non-ortho nitro benzene ring substituents is 1. The smallest absolute Gasteiger partial charge is 0.355 e. The third-order valence-corrected chi connectivity index (χ3v) is 7.15. The van der Waals surface area contributed by atoms with Crippen LogP contribution in [0.2, 0.25) is 0 Å². The summed E-state index contributed by atoms with van der Waals surface area (Å²) in [4.78, 5) is 59.4. The first-order valence-corrected chi connectivity index (χ1v) is 13.0. The molecule has 194 valence electrons. The maximum absolute atomic E-state index is 13.0. The number of hydrogen-bond donors (Lipinski definition) is 2. The van der Waals surface area contributed by atoms with Crippen molar-refractivity contribution in [1.82, 2.24) is 15.2 Å². The number of nitrogens with two attached hydrogens (primary N) is 1. The maximum atomic E-state index is 13.0. The van der Waals surface area contributed by atoms with Crippen molar-refractivity contribution >= 4 is 57.4 Å². The van der Waals surface area contributed by atoms with E-state index in [1.165, 1.54) is 40.9 Å². The number of benzene rings is 1. The molecule has 0 aliphatic carbocycles. The lowest BCUT2D eigenvalue weighted by Gasteiger charge is -2.48. The van der Waals surface area contributed by atoms with Crippen LogP contribution in [0.5, 0.6) is 0 Å². The van der Waals surface area contributed by atoms with Crippen molar-refractivity contribution in [3.63, 3.8) is 0 Å². The molecular weight excluding hydrogens is 524 g/mol. The van der Waals surface area contributed by atoms with E-state index in [4.69, 9.17) is 15.3 Å². The second-order valence-corrected chi connectivity index (χ2v) is 9.86. The molecule has 1 aromatic carbocycles. The van der Waals surface area contributed by atoms with E-state index in [9.17, 15) is 24.5 Å². The van der Waals surface area contributed by atoms with Gasteiger partial charge in [-0.25, -0.2) is 9.78 Å². The normalized spacial score (nSPS) is 18.8. The highest BCUT2D eigenvalue weighted by molar-refractivity contribution is 8.00. The summed E-state index contributed by atoms with van der Waals surface area (Å²) in [5, 5.41) is 18.6. The van der Waals surface area contributed by atoms with Crippen LogP contribution in [0.25, 0.3) is 0 Å². The predicted octanol–water partition coefficient (Wildman–Crippen LogP) is 1.79. The molecule has 0 saturated carbocycles. The van der Waals surface area contributed by atoms with E-state index in [1.54, 1.807) is 11.5 Å². The molecule has 1 aromatic heterocycles. The number of nitrogens with zero attached hydrogens (tertiary/aromatic N) is 4. The molecule has 0 spiro atoms. The molecular formula is C22H22N6O7S2. The van der Waals surface area contributed by atoms with Crippen molar-refractivity contribution < 1.29 is 28.9 Å². The van der Waals surface area contributed by atoms with E-state index in [0.29, 0.717) is 24.3 Å².